The number of nitrogens with zero attached hydrogens (tertiary/aromatic N) is 4. The van der Waals surface area contributed by atoms with Crippen molar-refractivity contribution in [2.45, 2.75) is 50.2 Å². The van der Waals surface area contributed by atoms with E-state index >= 15 is 0 Å². The lowest BCUT2D eigenvalue weighted by molar-refractivity contribution is -0.147. The smallest absolute Gasteiger partial charge is 0.435 e. The Kier molecular flexibility index (Phi) is 4.25. The predicted molar refractivity (Wildman–Crippen MR) is 101 cm³/mol. The topological polar surface area (TPSA) is 94.0 Å². The van der Waals surface area contributed by atoms with Crippen LogP contribution in [0.2, 0.25) is 0 Å². The molecule has 2 saturated carbocycles. The molecule has 0 unspecified atom stereocenters. The van der Waals surface area contributed by atoms with Crippen LogP contribution in [0.25, 0.3) is 11.6 Å². The van der Waals surface area contributed by atoms with Gasteiger partial charge in [-0.25, -0.2) is 0 Å². The number of alkyl halides is 3. The Hall–Kier alpha value is -3.17. The maximum Gasteiger partial charge on any atom is 0.435 e. The molecule has 2 aliphatic carbocycles. The summed E-state index contributed by atoms with van der Waals surface area (Å²) in [6.45, 7) is 2.00. The van der Waals surface area contributed by atoms with Crippen LogP contribution < -0.4 is 0 Å². The molecular formula is C21H19F3N4O3. The Morgan fingerprint density at radius 3 is 2.58 bits per heavy atom. The second-order valence-electron chi connectivity index (χ2n) is 8.34. The zero-order chi connectivity index (χ0) is 22.0. The minimum Gasteiger partial charge on any atom is -0.481 e. The Labute approximate surface area is 174 Å². The fraction of sp³-hybridized carbons (Fsp3) is 0.429. The summed E-state index contributed by atoms with van der Waals surface area (Å²) in [6, 6.07) is 8.30. The molecule has 7 nitrogen and oxygen atoms in total. The van der Waals surface area contributed by atoms with Crippen LogP contribution in [0, 0.1) is 12.8 Å². The summed E-state index contributed by atoms with van der Waals surface area (Å²) in [7, 11) is 0. The molecule has 162 valence electrons. The lowest BCUT2D eigenvalue weighted by Crippen LogP contribution is -2.33. The van der Waals surface area contributed by atoms with Crippen molar-refractivity contribution in [1.29, 1.82) is 0 Å². The summed E-state index contributed by atoms with van der Waals surface area (Å²) >= 11 is 0. The van der Waals surface area contributed by atoms with E-state index in [-0.39, 0.29) is 24.4 Å². The monoisotopic (exact) mass is 432 g/mol. The average Bonchev–Trinajstić information content (AvgIpc) is 3.10. The lowest BCUT2D eigenvalue weighted by atomic mass is 9.80. The van der Waals surface area contributed by atoms with Crippen molar-refractivity contribution in [3.05, 3.63) is 53.0 Å². The Balaban J connectivity index is 1.51. The minimum atomic E-state index is -4.64. The van der Waals surface area contributed by atoms with E-state index in [1.807, 2.05) is 31.2 Å². The molecule has 0 atom stereocenters. The van der Waals surface area contributed by atoms with Gasteiger partial charge in [0.15, 0.2) is 11.5 Å². The number of hydrogen-bond acceptors (Lipinski definition) is 5. The van der Waals surface area contributed by atoms with Crippen LogP contribution in [0.4, 0.5) is 13.2 Å². The number of aromatic nitrogens is 4. The molecule has 0 amide bonds. The van der Waals surface area contributed by atoms with Crippen molar-refractivity contribution in [2.75, 3.05) is 0 Å². The molecule has 2 heterocycles. The van der Waals surface area contributed by atoms with Crippen molar-refractivity contribution in [3.8, 4) is 11.6 Å². The van der Waals surface area contributed by atoms with E-state index in [1.54, 1.807) is 0 Å². The predicted octanol–water partition coefficient (Wildman–Crippen LogP) is 4.38. The number of carboxylic acids is 1. The molecule has 2 aliphatic rings. The SMILES string of the molecule is Cc1ccccc1C1(c2noc(-c3cc(C(F)(F)F)nn3C3CC(C(=O)O)C3)n2)CC1. The molecule has 0 radical (unpaired) electrons. The maximum absolute atomic E-state index is 13.3. The van der Waals surface area contributed by atoms with Crippen molar-refractivity contribution in [2.24, 2.45) is 5.92 Å². The van der Waals surface area contributed by atoms with Gasteiger partial charge in [0.05, 0.1) is 17.4 Å². The fourth-order valence-corrected chi connectivity index (χ4v) is 4.33. The zero-order valence-corrected chi connectivity index (χ0v) is 16.6. The number of aliphatic carboxylic acids is 1. The minimum absolute atomic E-state index is 0.0448. The van der Waals surface area contributed by atoms with Gasteiger partial charge in [0.1, 0.15) is 5.69 Å². The normalized spacial score (nSPS) is 22.2. The van der Waals surface area contributed by atoms with Crippen LogP contribution in [-0.4, -0.2) is 31.0 Å². The van der Waals surface area contributed by atoms with E-state index in [0.717, 1.165) is 30.0 Å². The second-order valence-corrected chi connectivity index (χ2v) is 8.34. The molecule has 0 aliphatic heterocycles. The molecule has 1 aromatic carbocycles. The molecule has 2 aromatic heterocycles. The standard InChI is InChI=1S/C21H19F3N4O3/c1-11-4-2-3-5-14(11)20(6-7-20)19-25-17(31-27-19)15-10-16(21(22,23)24)26-28(15)13-8-12(9-13)18(29)30/h2-5,10,12-13H,6-9H2,1H3,(H,29,30). The fourth-order valence-electron chi connectivity index (χ4n) is 4.33. The van der Waals surface area contributed by atoms with Gasteiger partial charge in [-0.1, -0.05) is 29.4 Å². The number of carbonyl (C=O) groups is 1. The first-order chi connectivity index (χ1) is 14.7. The van der Waals surface area contributed by atoms with E-state index in [2.05, 4.69) is 15.2 Å². The van der Waals surface area contributed by atoms with Gasteiger partial charge in [0.2, 0.25) is 0 Å². The van der Waals surface area contributed by atoms with Crippen LogP contribution in [0.5, 0.6) is 0 Å². The third kappa shape index (κ3) is 3.21. The number of hydrogen-bond donors (Lipinski definition) is 1. The van der Waals surface area contributed by atoms with Gasteiger partial charge in [-0.3, -0.25) is 9.48 Å². The van der Waals surface area contributed by atoms with Crippen molar-refractivity contribution >= 4 is 5.97 Å². The molecular weight excluding hydrogens is 413 g/mol. The first-order valence-electron chi connectivity index (χ1n) is 9.99. The molecule has 0 saturated heterocycles. The van der Waals surface area contributed by atoms with Gasteiger partial charge in [0, 0.05) is 6.07 Å². The summed E-state index contributed by atoms with van der Waals surface area (Å²) in [5, 5.41) is 16.9. The van der Waals surface area contributed by atoms with Crippen LogP contribution in [0.3, 0.4) is 0 Å². The quantitative estimate of drug-likeness (QED) is 0.643. The molecule has 0 bridgehead atoms. The summed E-state index contributed by atoms with van der Waals surface area (Å²) < 4.78 is 46.5. The number of benzene rings is 1. The van der Waals surface area contributed by atoms with Gasteiger partial charge < -0.3 is 9.63 Å². The first-order valence-corrected chi connectivity index (χ1v) is 9.99. The van der Waals surface area contributed by atoms with Crippen LogP contribution >= 0.6 is 0 Å². The average molecular weight is 432 g/mol. The highest BCUT2D eigenvalue weighted by atomic mass is 19.4. The number of rotatable bonds is 5. The summed E-state index contributed by atoms with van der Waals surface area (Å²) in [5.74, 6) is -1.16. The van der Waals surface area contributed by atoms with Crippen molar-refractivity contribution in [3.63, 3.8) is 0 Å². The molecule has 3 aromatic rings. The van der Waals surface area contributed by atoms with E-state index in [0.29, 0.717) is 5.82 Å². The van der Waals surface area contributed by atoms with Crippen LogP contribution in [0.1, 0.15) is 54.4 Å². The largest absolute Gasteiger partial charge is 0.481 e. The highest BCUT2D eigenvalue weighted by Gasteiger charge is 2.51. The molecule has 1 N–H and O–H groups in total. The Bertz CT molecular complexity index is 1160. The summed E-state index contributed by atoms with van der Waals surface area (Å²) in [4.78, 5) is 15.6. The van der Waals surface area contributed by atoms with E-state index in [4.69, 9.17) is 9.63 Å². The molecule has 0 spiro atoms. The Morgan fingerprint density at radius 2 is 1.97 bits per heavy atom. The Morgan fingerprint density at radius 1 is 1.26 bits per heavy atom. The highest BCUT2D eigenvalue weighted by Crippen LogP contribution is 2.53. The van der Waals surface area contributed by atoms with Gasteiger partial charge >= 0.3 is 12.1 Å². The lowest BCUT2D eigenvalue weighted by Gasteiger charge is -2.33. The number of carboxylic acid groups (broad SMARTS) is 1. The third-order valence-electron chi connectivity index (χ3n) is 6.32. The summed E-state index contributed by atoms with van der Waals surface area (Å²) in [6.07, 6.45) is -2.58. The van der Waals surface area contributed by atoms with Gasteiger partial charge in [-0.2, -0.15) is 23.3 Å². The van der Waals surface area contributed by atoms with Crippen molar-refractivity contribution in [1.82, 2.24) is 19.9 Å². The molecule has 5 rings (SSSR count). The van der Waals surface area contributed by atoms with Gasteiger partial charge in [-0.15, -0.1) is 0 Å². The van der Waals surface area contributed by atoms with Crippen molar-refractivity contribution < 1.29 is 27.6 Å². The maximum atomic E-state index is 13.3. The molecule has 10 heteroatoms. The first kappa shape index (κ1) is 19.8. The van der Waals surface area contributed by atoms with Gasteiger partial charge in [-0.05, 0) is 43.7 Å². The number of halogens is 3. The van der Waals surface area contributed by atoms with Crippen LogP contribution in [0.15, 0.2) is 34.9 Å². The zero-order valence-electron chi connectivity index (χ0n) is 16.6. The molecule has 31 heavy (non-hydrogen) atoms. The van der Waals surface area contributed by atoms with E-state index in [9.17, 15) is 18.0 Å². The van der Waals surface area contributed by atoms with E-state index in [1.165, 1.54) is 4.68 Å². The molecule has 2 fully saturated rings. The third-order valence-corrected chi connectivity index (χ3v) is 6.32. The number of aryl methyl sites for hydroxylation is 1. The van der Waals surface area contributed by atoms with Gasteiger partial charge in [0.25, 0.3) is 5.89 Å². The highest BCUT2D eigenvalue weighted by molar-refractivity contribution is 5.71. The summed E-state index contributed by atoms with van der Waals surface area (Å²) in [5.41, 5.74) is 0.761. The van der Waals surface area contributed by atoms with E-state index < -0.39 is 35.2 Å². The van der Waals surface area contributed by atoms with Crippen LogP contribution in [-0.2, 0) is 16.4 Å². The second kappa shape index (κ2) is 6.66.